The van der Waals surface area contributed by atoms with Gasteiger partial charge in [0.05, 0.1) is 5.52 Å². The number of hydrogen-bond donors (Lipinski definition) is 1. The van der Waals surface area contributed by atoms with E-state index < -0.39 is 0 Å². The van der Waals surface area contributed by atoms with Crippen molar-refractivity contribution in [2.24, 2.45) is 0 Å². The van der Waals surface area contributed by atoms with Crippen molar-refractivity contribution < 1.29 is 4.79 Å². The Kier molecular flexibility index (Phi) is 1.73. The lowest BCUT2D eigenvalue weighted by atomic mass is 10.2. The molecule has 0 saturated carbocycles. The molecule has 0 aliphatic rings. The van der Waals surface area contributed by atoms with Crippen molar-refractivity contribution in [3.63, 3.8) is 0 Å². The minimum atomic E-state index is 0.689. The van der Waals surface area contributed by atoms with Crippen LogP contribution in [0.25, 0.3) is 10.9 Å². The van der Waals surface area contributed by atoms with Crippen LogP contribution < -0.4 is 0 Å². The number of H-pyrrole nitrogens is 1. The zero-order chi connectivity index (χ0) is 8.55. The van der Waals surface area contributed by atoms with Gasteiger partial charge in [0, 0.05) is 21.6 Å². The number of aromatic nitrogens is 1. The van der Waals surface area contributed by atoms with E-state index in [4.69, 9.17) is 0 Å². The first kappa shape index (κ1) is 7.55. The number of benzene rings is 1. The third kappa shape index (κ3) is 1.06. The highest BCUT2D eigenvalue weighted by Crippen LogP contribution is 2.23. The molecular formula is C9H6BrNO. The topological polar surface area (TPSA) is 32.9 Å². The fourth-order valence-electron chi connectivity index (χ4n) is 1.22. The lowest BCUT2D eigenvalue weighted by molar-refractivity contribution is 0.112. The molecule has 0 radical (unpaired) electrons. The first-order valence-electron chi connectivity index (χ1n) is 3.53. The van der Waals surface area contributed by atoms with E-state index >= 15 is 0 Å². The predicted molar refractivity (Wildman–Crippen MR) is 51.4 cm³/mol. The van der Waals surface area contributed by atoms with E-state index in [2.05, 4.69) is 20.9 Å². The highest BCUT2D eigenvalue weighted by molar-refractivity contribution is 9.10. The molecule has 2 rings (SSSR count). The van der Waals surface area contributed by atoms with E-state index in [0.29, 0.717) is 5.56 Å². The highest BCUT2D eigenvalue weighted by Gasteiger charge is 2.01. The molecule has 0 fully saturated rings. The second kappa shape index (κ2) is 2.75. The largest absolute Gasteiger partial charge is 0.360 e. The number of halogens is 1. The van der Waals surface area contributed by atoms with Gasteiger partial charge in [-0.1, -0.05) is 0 Å². The lowest BCUT2D eigenvalue weighted by Gasteiger charge is -1.95. The molecule has 3 heteroatoms. The normalized spacial score (nSPS) is 10.4. The molecule has 0 bridgehead atoms. The minimum Gasteiger partial charge on any atom is -0.360 e. The zero-order valence-corrected chi connectivity index (χ0v) is 7.76. The molecule has 1 heterocycles. The van der Waals surface area contributed by atoms with E-state index in [1.165, 1.54) is 0 Å². The summed E-state index contributed by atoms with van der Waals surface area (Å²) in [5.74, 6) is 0. The van der Waals surface area contributed by atoms with Gasteiger partial charge in [-0.15, -0.1) is 0 Å². The Hall–Kier alpha value is -1.09. The molecule has 0 atom stereocenters. The van der Waals surface area contributed by atoms with Crippen LogP contribution in [0, 0.1) is 0 Å². The molecule has 0 spiro atoms. The smallest absolute Gasteiger partial charge is 0.150 e. The fourth-order valence-corrected chi connectivity index (χ4v) is 1.82. The summed E-state index contributed by atoms with van der Waals surface area (Å²) in [5.41, 5.74) is 1.72. The molecule has 0 aliphatic heterocycles. The molecular weight excluding hydrogens is 218 g/mol. The maximum absolute atomic E-state index is 10.5. The lowest BCUT2D eigenvalue weighted by Crippen LogP contribution is -1.79. The quantitative estimate of drug-likeness (QED) is 0.742. The van der Waals surface area contributed by atoms with Crippen LogP contribution in [0.5, 0.6) is 0 Å². The highest BCUT2D eigenvalue weighted by atomic mass is 79.9. The molecule has 1 aromatic heterocycles. The van der Waals surface area contributed by atoms with Gasteiger partial charge in [-0.05, 0) is 34.1 Å². The van der Waals surface area contributed by atoms with Crippen molar-refractivity contribution in [2.75, 3.05) is 0 Å². The Labute approximate surface area is 77.7 Å². The van der Waals surface area contributed by atoms with Crippen LogP contribution in [0.4, 0.5) is 0 Å². The van der Waals surface area contributed by atoms with Crippen molar-refractivity contribution in [2.45, 2.75) is 0 Å². The Morgan fingerprint density at radius 3 is 3.00 bits per heavy atom. The van der Waals surface area contributed by atoms with Crippen LogP contribution in [0.1, 0.15) is 10.4 Å². The SMILES string of the molecule is O=Cc1cc(Br)c2[nH]ccc2c1. The second-order valence-corrected chi connectivity index (χ2v) is 3.42. The molecule has 2 aromatic rings. The number of hydrogen-bond acceptors (Lipinski definition) is 1. The Balaban J connectivity index is 2.83. The number of carbonyl (C=O) groups is 1. The van der Waals surface area contributed by atoms with Crippen molar-refractivity contribution in [1.82, 2.24) is 4.98 Å². The molecule has 0 aliphatic carbocycles. The van der Waals surface area contributed by atoms with Gasteiger partial charge in [0.1, 0.15) is 6.29 Å². The number of nitrogens with one attached hydrogen (secondary N) is 1. The van der Waals surface area contributed by atoms with Gasteiger partial charge in [-0.25, -0.2) is 0 Å². The van der Waals surface area contributed by atoms with Crippen LogP contribution >= 0.6 is 15.9 Å². The van der Waals surface area contributed by atoms with Crippen LogP contribution in [0.3, 0.4) is 0 Å². The molecule has 60 valence electrons. The Morgan fingerprint density at radius 2 is 2.25 bits per heavy atom. The average molecular weight is 224 g/mol. The summed E-state index contributed by atoms with van der Waals surface area (Å²) in [5, 5.41) is 1.05. The van der Waals surface area contributed by atoms with Crippen LogP contribution in [0.2, 0.25) is 0 Å². The first-order chi connectivity index (χ1) is 5.81. The number of aromatic amines is 1. The summed E-state index contributed by atoms with van der Waals surface area (Å²) in [7, 11) is 0. The van der Waals surface area contributed by atoms with Gasteiger partial charge < -0.3 is 4.98 Å². The predicted octanol–water partition coefficient (Wildman–Crippen LogP) is 2.74. The molecule has 2 nitrogen and oxygen atoms in total. The second-order valence-electron chi connectivity index (χ2n) is 2.56. The van der Waals surface area contributed by atoms with Crippen molar-refractivity contribution in [3.8, 4) is 0 Å². The summed E-state index contributed by atoms with van der Waals surface area (Å²) in [6.07, 6.45) is 2.70. The zero-order valence-electron chi connectivity index (χ0n) is 6.17. The van der Waals surface area contributed by atoms with E-state index in [9.17, 15) is 4.79 Å². The number of fused-ring (bicyclic) bond motifs is 1. The third-order valence-electron chi connectivity index (χ3n) is 1.77. The van der Waals surface area contributed by atoms with Crippen LogP contribution in [0.15, 0.2) is 28.9 Å². The first-order valence-corrected chi connectivity index (χ1v) is 4.32. The number of carbonyl (C=O) groups excluding carboxylic acids is 1. The summed E-state index contributed by atoms with van der Waals surface area (Å²) >= 11 is 3.38. The van der Waals surface area contributed by atoms with Crippen molar-refractivity contribution in [3.05, 3.63) is 34.4 Å². The standard InChI is InChI=1S/C9H6BrNO/c10-8-4-6(5-12)3-7-1-2-11-9(7)8/h1-5,11H. The molecule has 1 aromatic carbocycles. The van der Waals surface area contributed by atoms with Gasteiger partial charge in [0.2, 0.25) is 0 Å². The van der Waals surface area contributed by atoms with E-state index in [-0.39, 0.29) is 0 Å². The van der Waals surface area contributed by atoms with Gasteiger partial charge >= 0.3 is 0 Å². The van der Waals surface area contributed by atoms with Gasteiger partial charge in [-0.3, -0.25) is 4.79 Å². The van der Waals surface area contributed by atoms with Crippen molar-refractivity contribution in [1.29, 1.82) is 0 Å². The summed E-state index contributed by atoms with van der Waals surface area (Å²) < 4.78 is 0.923. The molecule has 0 amide bonds. The molecule has 0 unspecified atom stereocenters. The summed E-state index contributed by atoms with van der Waals surface area (Å²) in [4.78, 5) is 13.6. The number of aldehydes is 1. The van der Waals surface area contributed by atoms with Gasteiger partial charge in [-0.2, -0.15) is 0 Å². The fraction of sp³-hybridized carbons (Fsp3) is 0. The summed E-state index contributed by atoms with van der Waals surface area (Å²) in [6, 6.07) is 5.59. The van der Waals surface area contributed by atoms with Crippen molar-refractivity contribution >= 4 is 33.1 Å². The monoisotopic (exact) mass is 223 g/mol. The molecule has 0 saturated heterocycles. The Morgan fingerprint density at radius 1 is 1.42 bits per heavy atom. The van der Waals surface area contributed by atoms with E-state index in [0.717, 1.165) is 21.7 Å². The maximum atomic E-state index is 10.5. The maximum Gasteiger partial charge on any atom is 0.150 e. The van der Waals surface area contributed by atoms with E-state index in [1.54, 1.807) is 6.07 Å². The minimum absolute atomic E-state index is 0.689. The van der Waals surface area contributed by atoms with E-state index in [1.807, 2.05) is 18.3 Å². The Bertz CT molecular complexity index is 433. The van der Waals surface area contributed by atoms with Gasteiger partial charge in [0.25, 0.3) is 0 Å². The molecule has 1 N–H and O–H groups in total. The van der Waals surface area contributed by atoms with Crippen LogP contribution in [-0.4, -0.2) is 11.3 Å². The third-order valence-corrected chi connectivity index (χ3v) is 2.40. The van der Waals surface area contributed by atoms with Gasteiger partial charge in [0.15, 0.2) is 0 Å². The molecule has 12 heavy (non-hydrogen) atoms. The number of rotatable bonds is 1. The average Bonchev–Trinajstić information content (AvgIpc) is 2.52. The summed E-state index contributed by atoms with van der Waals surface area (Å²) in [6.45, 7) is 0. The van der Waals surface area contributed by atoms with Crippen LogP contribution in [-0.2, 0) is 0 Å².